The van der Waals surface area contributed by atoms with E-state index in [9.17, 15) is 0 Å². The zero-order valence-corrected chi connectivity index (χ0v) is 63.8. The van der Waals surface area contributed by atoms with Gasteiger partial charge in [-0.05, 0) is 272 Å². The van der Waals surface area contributed by atoms with Gasteiger partial charge in [-0.3, -0.25) is 0 Å². The smallest absolute Gasteiger partial charge is 0.0000472 e. The summed E-state index contributed by atoms with van der Waals surface area (Å²) >= 11 is 0. The summed E-state index contributed by atoms with van der Waals surface area (Å²) in [6.45, 7) is 44.4. The molecule has 0 heterocycles. The van der Waals surface area contributed by atoms with Gasteiger partial charge < -0.3 is 0 Å². The number of hydrogen-bond acceptors (Lipinski definition) is 0. The van der Waals surface area contributed by atoms with Crippen LogP contribution in [0.2, 0.25) is 0 Å². The van der Waals surface area contributed by atoms with Gasteiger partial charge in [0.25, 0.3) is 0 Å². The van der Waals surface area contributed by atoms with Crippen LogP contribution in [-0.2, 0) is 38.5 Å². The molecule has 0 aromatic heterocycles. The van der Waals surface area contributed by atoms with Gasteiger partial charge >= 0.3 is 0 Å². The molecular formula is C96H126. The maximum atomic E-state index is 2.78. The standard InChI is InChI=1S/C96H126/c1-55(2)25-19-31-61(13)37-67-43-73-75-45-68(38-62(14)32-20-26-56(3)4)47-77-79-49-70(40-64(16)34-22-28-58(7)8)51-81-83-53-72(42-66(18)36-24-30-60(11)12)54-84-82-52-71(41-65(17)35-23-29-59(9)10)50-80-78-48-69(39-63(15)33-21-27-57(5)6)46-76-74(44-67)85(73)91-92(86(75)77)94(88(79)81)96(90(83)84)95(89(80)82)93(91)87(76)78/h43-66H,19-42H2,1-18H3. The van der Waals surface area contributed by atoms with Crippen LogP contribution in [-0.4, -0.2) is 0 Å². The van der Waals surface area contributed by atoms with Crippen molar-refractivity contribution in [3.63, 3.8) is 0 Å². The fraction of sp³-hybridized carbons (Fsp3) is 0.562. The predicted molar refractivity (Wildman–Crippen MR) is 433 cm³/mol. The molecule has 0 radical (unpaired) electrons. The monoisotopic (exact) mass is 1280 g/mol. The second-order valence-electron chi connectivity index (χ2n) is 36.4. The van der Waals surface area contributed by atoms with Crippen LogP contribution >= 0.6 is 0 Å². The van der Waals surface area contributed by atoms with E-state index in [1.807, 2.05) is 0 Å². The lowest BCUT2D eigenvalue weighted by atomic mass is 9.72. The first kappa shape index (κ1) is 69.0. The van der Waals surface area contributed by atoms with Gasteiger partial charge in [-0.25, -0.2) is 0 Å². The lowest BCUT2D eigenvalue weighted by Crippen LogP contribution is -2.06. The van der Waals surface area contributed by atoms with Gasteiger partial charge in [-0.15, -0.1) is 0 Å². The van der Waals surface area contributed by atoms with E-state index in [4.69, 9.17) is 0 Å². The molecule has 0 N–H and O–H groups in total. The summed E-state index contributed by atoms with van der Waals surface area (Å²) in [5.41, 5.74) is 9.24. The quantitative estimate of drug-likeness (QED) is 0.0271. The van der Waals surface area contributed by atoms with E-state index in [0.717, 1.165) is 74.0 Å². The summed E-state index contributed by atoms with van der Waals surface area (Å²) in [6, 6.07) is 33.4. The van der Waals surface area contributed by atoms with E-state index in [2.05, 4.69) is 197 Å². The number of fused-ring (bicyclic) bond motifs is 6. The molecule has 0 saturated carbocycles. The molecule has 0 aliphatic carbocycles. The molecule has 0 saturated heterocycles. The molecule has 510 valence electrons. The predicted octanol–water partition coefficient (Wildman–Crippen LogP) is 30.2. The van der Waals surface area contributed by atoms with E-state index in [1.165, 1.54) is 214 Å². The van der Waals surface area contributed by atoms with Crippen molar-refractivity contribution in [1.29, 1.82) is 0 Å². The molecule has 13 rings (SSSR count). The Morgan fingerprint density at radius 2 is 0.271 bits per heavy atom. The van der Waals surface area contributed by atoms with E-state index in [0.29, 0.717) is 35.5 Å². The largest absolute Gasteiger partial charge is 0.0628 e. The number of hydrogen-bond donors (Lipinski definition) is 0. The highest BCUT2D eigenvalue weighted by Gasteiger charge is 2.34. The van der Waals surface area contributed by atoms with Crippen molar-refractivity contribution in [1.82, 2.24) is 0 Å². The van der Waals surface area contributed by atoms with E-state index in [-0.39, 0.29) is 0 Å². The number of benzene rings is 13. The Balaban J connectivity index is 1.21. The van der Waals surface area contributed by atoms with Crippen molar-refractivity contribution in [2.75, 3.05) is 0 Å². The van der Waals surface area contributed by atoms with Gasteiger partial charge in [-0.1, -0.05) is 313 Å². The van der Waals surface area contributed by atoms with E-state index in [1.54, 1.807) is 64.6 Å². The van der Waals surface area contributed by atoms with Crippen LogP contribution in [0.25, 0.3) is 129 Å². The lowest BCUT2D eigenvalue weighted by Gasteiger charge is -2.31. The van der Waals surface area contributed by atoms with Crippen LogP contribution in [0.15, 0.2) is 72.8 Å². The Morgan fingerprint density at radius 1 is 0.156 bits per heavy atom. The molecule has 0 nitrogen and oxygen atoms in total. The third-order valence-corrected chi connectivity index (χ3v) is 24.3. The summed E-state index contributed by atoms with van der Waals surface area (Å²) < 4.78 is 0. The summed E-state index contributed by atoms with van der Waals surface area (Å²) in [6.07, 6.45) is 30.1. The molecule has 6 atom stereocenters. The molecule has 6 unspecified atom stereocenters. The van der Waals surface area contributed by atoms with Crippen LogP contribution in [0.4, 0.5) is 0 Å². The zero-order valence-electron chi connectivity index (χ0n) is 63.8. The van der Waals surface area contributed by atoms with Crippen molar-refractivity contribution in [2.24, 2.45) is 71.0 Å². The average Bonchev–Trinajstić information content (AvgIpc) is 0.644. The first-order valence-corrected chi connectivity index (χ1v) is 40.3. The van der Waals surface area contributed by atoms with Crippen LogP contribution in [0.3, 0.4) is 0 Å². The highest BCUT2D eigenvalue weighted by molar-refractivity contribution is 6.61. The number of rotatable bonds is 36. The van der Waals surface area contributed by atoms with Crippen LogP contribution in [0, 0.1) is 71.0 Å². The van der Waals surface area contributed by atoms with Crippen molar-refractivity contribution >= 4 is 129 Å². The molecule has 96 heavy (non-hydrogen) atoms. The molecular weight excluding hydrogens is 1150 g/mol. The van der Waals surface area contributed by atoms with Crippen LogP contribution < -0.4 is 0 Å². The second-order valence-corrected chi connectivity index (χ2v) is 36.4. The molecule has 13 aromatic carbocycles. The fourth-order valence-corrected chi connectivity index (χ4v) is 19.6. The molecule has 0 fully saturated rings. The van der Waals surface area contributed by atoms with E-state index >= 15 is 0 Å². The Kier molecular flexibility index (Phi) is 20.6. The minimum Gasteiger partial charge on any atom is -0.0628 e. The third-order valence-electron chi connectivity index (χ3n) is 24.3. The van der Waals surface area contributed by atoms with Crippen LogP contribution in [0.5, 0.6) is 0 Å². The van der Waals surface area contributed by atoms with Crippen molar-refractivity contribution in [3.05, 3.63) is 106 Å². The summed E-state index contributed by atoms with van der Waals surface area (Å²) in [5.74, 6) is 8.08. The summed E-state index contributed by atoms with van der Waals surface area (Å²) in [4.78, 5) is 0. The van der Waals surface area contributed by atoms with E-state index < -0.39 is 0 Å². The minimum atomic E-state index is 0.607. The maximum absolute atomic E-state index is 2.78. The maximum Gasteiger partial charge on any atom is -0.0000472 e. The molecule has 0 amide bonds. The average molecular weight is 1280 g/mol. The molecule has 0 aliphatic heterocycles. The Morgan fingerprint density at radius 3 is 0.375 bits per heavy atom. The Hall–Kier alpha value is -5.46. The SMILES string of the molecule is CC(C)CCCC(C)Cc1cc2c3cc(CC(C)CCCC(C)C)cc4c5cc(CC(C)CCCC(C)C)cc6c7cc(CC(C)CCCC(C)C)cc8c9cc(CC(C)CCCC(C)C)cc%10c%11cc(CC(C)CCCC(C)C)cc%12c(c1)c2c1c(c34)c(c56)c(c78)c(c%109)c1c%12%11. The molecule has 0 bridgehead atoms. The normalized spacial score (nSPS) is 15.2. The Labute approximate surface area is 581 Å². The molecule has 0 aliphatic rings. The molecule has 0 heteroatoms. The van der Waals surface area contributed by atoms with Gasteiger partial charge in [-0.2, -0.15) is 0 Å². The van der Waals surface area contributed by atoms with Gasteiger partial charge in [0, 0.05) is 0 Å². The first-order valence-electron chi connectivity index (χ1n) is 40.3. The van der Waals surface area contributed by atoms with Gasteiger partial charge in [0.05, 0.1) is 0 Å². The van der Waals surface area contributed by atoms with Gasteiger partial charge in [0.15, 0.2) is 0 Å². The summed E-state index contributed by atoms with van der Waals surface area (Å²) in [5, 5.41) is 36.9. The van der Waals surface area contributed by atoms with Gasteiger partial charge in [0.1, 0.15) is 0 Å². The second kappa shape index (κ2) is 28.6. The van der Waals surface area contributed by atoms with Crippen molar-refractivity contribution < 1.29 is 0 Å². The summed E-state index contributed by atoms with van der Waals surface area (Å²) in [7, 11) is 0. The van der Waals surface area contributed by atoms with Crippen molar-refractivity contribution in [2.45, 2.75) is 279 Å². The van der Waals surface area contributed by atoms with Gasteiger partial charge in [0.2, 0.25) is 0 Å². The highest BCUT2D eigenvalue weighted by atomic mass is 14.4. The zero-order chi connectivity index (χ0) is 67.7. The van der Waals surface area contributed by atoms with Crippen molar-refractivity contribution in [3.8, 4) is 0 Å². The van der Waals surface area contributed by atoms with Crippen LogP contribution in [0.1, 0.15) is 274 Å². The lowest BCUT2D eigenvalue weighted by molar-refractivity contribution is 0.456. The fourth-order valence-electron chi connectivity index (χ4n) is 19.6. The molecule has 13 aromatic rings. The third kappa shape index (κ3) is 13.7. The first-order chi connectivity index (χ1) is 46.0. The Bertz CT molecular complexity index is 3750. The minimum absolute atomic E-state index is 0.607. The topological polar surface area (TPSA) is 0 Å². The highest BCUT2D eigenvalue weighted by Crippen LogP contribution is 2.61. The molecule has 0 spiro atoms.